The van der Waals surface area contributed by atoms with Gasteiger partial charge in [0, 0.05) is 33.7 Å². The number of benzene rings is 2. The van der Waals surface area contributed by atoms with E-state index in [4.69, 9.17) is 14.2 Å². The molecule has 0 saturated heterocycles. The van der Waals surface area contributed by atoms with Gasteiger partial charge < -0.3 is 29.3 Å². The summed E-state index contributed by atoms with van der Waals surface area (Å²) in [5.41, 5.74) is 2.32. The van der Waals surface area contributed by atoms with Crippen molar-refractivity contribution in [3.05, 3.63) is 53.6 Å². The summed E-state index contributed by atoms with van der Waals surface area (Å²) in [5.74, 6) is 2.27. The van der Waals surface area contributed by atoms with Crippen molar-refractivity contribution < 1.29 is 19.0 Å². The summed E-state index contributed by atoms with van der Waals surface area (Å²) in [6, 6.07) is 13.9. The number of hydrogen-bond donors (Lipinski definition) is 1. The standard InChI is InChI=1S/C24H35N3O4/c1-6-29-23-17-20(18-27(5)14-13-25-24(28)26(3)4)9-12-22(23)31-16-15-30-21-10-7-19(2)8-11-21/h7-12,17H,6,13-16,18H2,1-5H3,(H,25,28). The van der Waals surface area contributed by atoms with Crippen molar-refractivity contribution in [2.24, 2.45) is 0 Å². The normalized spacial score (nSPS) is 10.6. The second kappa shape index (κ2) is 12.7. The number of rotatable bonds is 12. The van der Waals surface area contributed by atoms with Crippen LogP contribution in [0, 0.1) is 6.92 Å². The lowest BCUT2D eigenvalue weighted by molar-refractivity contribution is 0.208. The molecule has 170 valence electrons. The van der Waals surface area contributed by atoms with Gasteiger partial charge in [-0.25, -0.2) is 4.79 Å². The Morgan fingerprint density at radius 3 is 2.32 bits per heavy atom. The van der Waals surface area contributed by atoms with E-state index in [-0.39, 0.29) is 6.03 Å². The Morgan fingerprint density at radius 1 is 0.935 bits per heavy atom. The van der Waals surface area contributed by atoms with Crippen molar-refractivity contribution in [1.29, 1.82) is 0 Å². The topological polar surface area (TPSA) is 63.3 Å². The molecule has 7 heteroatoms. The van der Waals surface area contributed by atoms with Crippen molar-refractivity contribution in [3.63, 3.8) is 0 Å². The highest BCUT2D eigenvalue weighted by Gasteiger charge is 2.09. The largest absolute Gasteiger partial charge is 0.490 e. The molecular formula is C24H35N3O4. The molecule has 1 N–H and O–H groups in total. The van der Waals surface area contributed by atoms with Crippen LogP contribution in [0.15, 0.2) is 42.5 Å². The Kier molecular flexibility index (Phi) is 9.97. The minimum atomic E-state index is -0.0834. The number of nitrogens with one attached hydrogen (secondary N) is 1. The van der Waals surface area contributed by atoms with Crippen LogP contribution in [-0.2, 0) is 6.54 Å². The second-order valence-electron chi connectivity index (χ2n) is 7.59. The summed E-state index contributed by atoms with van der Waals surface area (Å²) in [6.45, 7) is 7.53. The molecule has 0 aliphatic carbocycles. The zero-order chi connectivity index (χ0) is 22.6. The first kappa shape index (κ1) is 24.3. The second-order valence-corrected chi connectivity index (χ2v) is 7.59. The molecule has 0 heterocycles. The van der Waals surface area contributed by atoms with Gasteiger partial charge in [-0.3, -0.25) is 0 Å². The van der Waals surface area contributed by atoms with E-state index in [9.17, 15) is 4.79 Å². The Bertz CT molecular complexity index is 809. The van der Waals surface area contributed by atoms with E-state index < -0.39 is 0 Å². The molecule has 31 heavy (non-hydrogen) atoms. The van der Waals surface area contributed by atoms with E-state index in [1.54, 1.807) is 14.1 Å². The summed E-state index contributed by atoms with van der Waals surface area (Å²) in [7, 11) is 5.48. The molecule has 0 saturated carbocycles. The molecular weight excluding hydrogens is 394 g/mol. The summed E-state index contributed by atoms with van der Waals surface area (Å²) >= 11 is 0. The van der Waals surface area contributed by atoms with Crippen LogP contribution in [0.5, 0.6) is 17.2 Å². The quantitative estimate of drug-likeness (QED) is 0.523. The highest BCUT2D eigenvalue weighted by atomic mass is 16.5. The van der Waals surface area contributed by atoms with Crippen LogP contribution in [0.4, 0.5) is 4.79 Å². The van der Waals surface area contributed by atoms with E-state index in [1.165, 1.54) is 10.5 Å². The molecule has 2 aromatic carbocycles. The molecule has 0 bridgehead atoms. The van der Waals surface area contributed by atoms with Gasteiger partial charge in [0.25, 0.3) is 0 Å². The third-order valence-corrected chi connectivity index (χ3v) is 4.57. The predicted molar refractivity (Wildman–Crippen MR) is 123 cm³/mol. The van der Waals surface area contributed by atoms with Crippen LogP contribution in [-0.4, -0.2) is 69.9 Å². The molecule has 0 aromatic heterocycles. The highest BCUT2D eigenvalue weighted by molar-refractivity contribution is 5.73. The van der Waals surface area contributed by atoms with Crippen LogP contribution in [0.3, 0.4) is 0 Å². The Morgan fingerprint density at radius 2 is 1.65 bits per heavy atom. The number of carbonyl (C=O) groups is 1. The third-order valence-electron chi connectivity index (χ3n) is 4.57. The van der Waals surface area contributed by atoms with Crippen LogP contribution in [0.1, 0.15) is 18.1 Å². The van der Waals surface area contributed by atoms with Gasteiger partial charge in [0.1, 0.15) is 19.0 Å². The number of hydrogen-bond acceptors (Lipinski definition) is 5. The Labute approximate surface area is 185 Å². The fraction of sp³-hybridized carbons (Fsp3) is 0.458. The maximum atomic E-state index is 11.6. The van der Waals surface area contributed by atoms with Gasteiger partial charge in [-0.2, -0.15) is 0 Å². The summed E-state index contributed by atoms with van der Waals surface area (Å²) < 4.78 is 17.4. The number of ether oxygens (including phenoxy) is 3. The van der Waals surface area contributed by atoms with Crippen LogP contribution < -0.4 is 19.5 Å². The lowest BCUT2D eigenvalue weighted by atomic mass is 10.2. The minimum Gasteiger partial charge on any atom is -0.490 e. The number of amides is 2. The van der Waals surface area contributed by atoms with Crippen molar-refractivity contribution >= 4 is 6.03 Å². The molecule has 0 fully saturated rings. The van der Waals surface area contributed by atoms with Crippen molar-refractivity contribution in [2.75, 3.05) is 54.1 Å². The smallest absolute Gasteiger partial charge is 0.316 e. The zero-order valence-corrected chi connectivity index (χ0v) is 19.3. The summed E-state index contributed by atoms with van der Waals surface area (Å²) in [6.07, 6.45) is 0. The van der Waals surface area contributed by atoms with Gasteiger partial charge in [-0.15, -0.1) is 0 Å². The molecule has 0 atom stereocenters. The van der Waals surface area contributed by atoms with Gasteiger partial charge in [0.15, 0.2) is 11.5 Å². The fourth-order valence-corrected chi connectivity index (χ4v) is 2.89. The Balaban J connectivity index is 1.83. The average Bonchev–Trinajstić information content (AvgIpc) is 2.73. The Hall–Kier alpha value is -2.93. The maximum Gasteiger partial charge on any atom is 0.316 e. The number of aryl methyl sites for hydroxylation is 1. The SMILES string of the molecule is CCOc1cc(CN(C)CCNC(=O)N(C)C)ccc1OCCOc1ccc(C)cc1. The van der Waals surface area contributed by atoms with Crippen molar-refractivity contribution in [1.82, 2.24) is 15.1 Å². The highest BCUT2D eigenvalue weighted by Crippen LogP contribution is 2.29. The lowest BCUT2D eigenvalue weighted by Gasteiger charge is -2.19. The van der Waals surface area contributed by atoms with Gasteiger partial charge in [-0.05, 0) is 50.7 Å². The molecule has 7 nitrogen and oxygen atoms in total. The van der Waals surface area contributed by atoms with Crippen LogP contribution in [0.2, 0.25) is 0 Å². The number of nitrogens with zero attached hydrogens (tertiary/aromatic N) is 2. The van der Waals surface area contributed by atoms with E-state index in [0.717, 1.165) is 30.2 Å². The first-order valence-corrected chi connectivity index (χ1v) is 10.6. The molecule has 0 aliphatic heterocycles. The third kappa shape index (κ3) is 8.76. The molecule has 0 unspecified atom stereocenters. The zero-order valence-electron chi connectivity index (χ0n) is 19.3. The van der Waals surface area contributed by atoms with Gasteiger partial charge >= 0.3 is 6.03 Å². The van der Waals surface area contributed by atoms with Crippen molar-refractivity contribution in [2.45, 2.75) is 20.4 Å². The van der Waals surface area contributed by atoms with Gasteiger partial charge in [-0.1, -0.05) is 23.8 Å². The monoisotopic (exact) mass is 429 g/mol. The number of urea groups is 1. The summed E-state index contributed by atoms with van der Waals surface area (Å²) in [4.78, 5) is 15.3. The van der Waals surface area contributed by atoms with Gasteiger partial charge in [0.2, 0.25) is 0 Å². The van der Waals surface area contributed by atoms with Crippen LogP contribution in [0.25, 0.3) is 0 Å². The maximum absolute atomic E-state index is 11.6. The molecule has 0 spiro atoms. The molecule has 2 amide bonds. The van der Waals surface area contributed by atoms with Crippen molar-refractivity contribution in [3.8, 4) is 17.2 Å². The van der Waals surface area contributed by atoms with Gasteiger partial charge in [0.05, 0.1) is 6.61 Å². The first-order valence-electron chi connectivity index (χ1n) is 10.6. The number of carbonyl (C=O) groups excluding carboxylic acids is 1. The van der Waals surface area contributed by atoms with Crippen LogP contribution >= 0.6 is 0 Å². The van der Waals surface area contributed by atoms with E-state index in [0.29, 0.717) is 32.1 Å². The minimum absolute atomic E-state index is 0.0834. The van der Waals surface area contributed by atoms with E-state index in [2.05, 4.69) is 10.2 Å². The molecule has 2 rings (SSSR count). The fourth-order valence-electron chi connectivity index (χ4n) is 2.89. The predicted octanol–water partition coefficient (Wildman–Crippen LogP) is 3.55. The molecule has 2 aromatic rings. The summed E-state index contributed by atoms with van der Waals surface area (Å²) in [5, 5.41) is 2.87. The molecule has 0 aliphatic rings. The first-order chi connectivity index (χ1) is 14.9. The lowest BCUT2D eigenvalue weighted by Crippen LogP contribution is -2.38. The average molecular weight is 430 g/mol. The van der Waals surface area contributed by atoms with E-state index >= 15 is 0 Å². The molecule has 0 radical (unpaired) electrons. The van der Waals surface area contributed by atoms with E-state index in [1.807, 2.05) is 63.4 Å². The number of likely N-dealkylation sites (N-methyl/N-ethyl adjacent to an activating group) is 1.